The Morgan fingerprint density at radius 3 is 2.41 bits per heavy atom. The van der Waals surface area contributed by atoms with E-state index in [1.165, 1.54) is 0 Å². The van der Waals surface area contributed by atoms with E-state index in [9.17, 15) is 14.4 Å². The van der Waals surface area contributed by atoms with Crippen LogP contribution in [0.5, 0.6) is 5.75 Å². The predicted octanol–water partition coefficient (Wildman–Crippen LogP) is 4.06. The summed E-state index contributed by atoms with van der Waals surface area (Å²) < 4.78 is 16.3. The Labute approximate surface area is 189 Å². The fourth-order valence-electron chi connectivity index (χ4n) is 2.91. The molecule has 0 spiro atoms. The van der Waals surface area contributed by atoms with Gasteiger partial charge in [0.05, 0.1) is 5.69 Å². The molecule has 9 heteroatoms. The van der Waals surface area contributed by atoms with E-state index >= 15 is 0 Å². The summed E-state index contributed by atoms with van der Waals surface area (Å²) in [6.07, 6.45) is -0.993. The molecule has 0 saturated carbocycles. The molecule has 1 aromatic rings. The fraction of sp³-hybridized carbons (Fsp3) is 0.609. The highest BCUT2D eigenvalue weighted by Gasteiger charge is 2.25. The van der Waals surface area contributed by atoms with Crippen molar-refractivity contribution in [2.45, 2.75) is 78.7 Å². The van der Waals surface area contributed by atoms with Crippen LogP contribution in [-0.2, 0) is 20.8 Å². The first kappa shape index (κ1) is 25.3. The number of amides is 3. The van der Waals surface area contributed by atoms with Crippen LogP contribution in [0.1, 0.15) is 60.5 Å². The van der Waals surface area contributed by atoms with Crippen molar-refractivity contribution in [3.8, 4) is 5.75 Å². The van der Waals surface area contributed by atoms with Crippen molar-refractivity contribution < 1.29 is 28.6 Å². The van der Waals surface area contributed by atoms with E-state index in [1.54, 1.807) is 65.5 Å². The van der Waals surface area contributed by atoms with E-state index in [0.717, 1.165) is 5.56 Å². The van der Waals surface area contributed by atoms with Gasteiger partial charge >= 0.3 is 12.2 Å². The summed E-state index contributed by atoms with van der Waals surface area (Å²) in [5.74, 6) is 0.373. The molecule has 2 rings (SSSR count). The zero-order valence-electron chi connectivity index (χ0n) is 20.0. The molecule has 0 radical (unpaired) electrons. The minimum absolute atomic E-state index is 0.216. The first-order valence-electron chi connectivity index (χ1n) is 10.8. The summed E-state index contributed by atoms with van der Waals surface area (Å²) in [5, 5.41) is 5.51. The maximum atomic E-state index is 12.8. The van der Waals surface area contributed by atoms with Gasteiger partial charge in [-0.05, 0) is 72.6 Å². The van der Waals surface area contributed by atoms with E-state index < -0.39 is 29.5 Å². The highest BCUT2D eigenvalue weighted by molar-refractivity contribution is 5.97. The predicted molar refractivity (Wildman–Crippen MR) is 121 cm³/mol. The molecule has 0 bridgehead atoms. The van der Waals surface area contributed by atoms with E-state index in [1.807, 2.05) is 6.07 Å². The van der Waals surface area contributed by atoms with Gasteiger partial charge in [-0.25, -0.2) is 9.59 Å². The zero-order chi connectivity index (χ0) is 24.1. The van der Waals surface area contributed by atoms with Crippen LogP contribution in [-0.4, -0.2) is 53.4 Å². The lowest BCUT2D eigenvalue weighted by Gasteiger charge is -2.28. The molecule has 0 saturated heterocycles. The quantitative estimate of drug-likeness (QED) is 0.635. The molecule has 1 aliphatic rings. The number of fused-ring (bicyclic) bond motifs is 1. The number of anilines is 1. The van der Waals surface area contributed by atoms with Crippen molar-refractivity contribution in [3.63, 3.8) is 0 Å². The second-order valence-electron chi connectivity index (χ2n) is 9.76. The third-order valence-electron chi connectivity index (χ3n) is 4.27. The van der Waals surface area contributed by atoms with Crippen molar-refractivity contribution in [2.24, 2.45) is 0 Å². The highest BCUT2D eigenvalue weighted by atomic mass is 16.6. The first-order chi connectivity index (χ1) is 14.7. The molecule has 9 nitrogen and oxygen atoms in total. The van der Waals surface area contributed by atoms with Crippen LogP contribution < -0.4 is 15.4 Å². The average molecular weight is 450 g/mol. The normalized spacial score (nSPS) is 15.7. The molecule has 32 heavy (non-hydrogen) atoms. The number of alkyl carbamates (subject to hydrolysis) is 1. The lowest BCUT2D eigenvalue weighted by atomic mass is 10.1. The second kappa shape index (κ2) is 10.1. The molecule has 178 valence electrons. The standard InChI is InChI=1S/C23H35N3O6/c1-15-19(27)25-17-13-16(9-10-18(17)30-15)14-26(21(29)32-23(5,6)7)12-8-11-24-20(28)31-22(2,3)4/h9-10,13,15H,8,11-12,14H2,1-7H3,(H,24,28)(H,25,27). The molecular formula is C23H35N3O6. The maximum Gasteiger partial charge on any atom is 0.410 e. The fourth-order valence-corrected chi connectivity index (χ4v) is 2.91. The lowest BCUT2D eigenvalue weighted by Crippen LogP contribution is -2.39. The van der Waals surface area contributed by atoms with Crippen LogP contribution in [0, 0.1) is 0 Å². The number of nitrogens with one attached hydrogen (secondary N) is 2. The van der Waals surface area contributed by atoms with Crippen LogP contribution >= 0.6 is 0 Å². The SMILES string of the molecule is CC1Oc2ccc(CN(CCCNC(=O)OC(C)(C)C)C(=O)OC(C)(C)C)cc2NC1=O. The summed E-state index contributed by atoms with van der Waals surface area (Å²) >= 11 is 0. The summed E-state index contributed by atoms with van der Waals surface area (Å²) in [4.78, 5) is 38.1. The van der Waals surface area contributed by atoms with Gasteiger partial charge in [-0.1, -0.05) is 6.07 Å². The summed E-state index contributed by atoms with van der Waals surface area (Å²) in [6.45, 7) is 13.5. The molecule has 0 fully saturated rings. The average Bonchev–Trinajstić information content (AvgIpc) is 2.62. The molecule has 3 amide bonds. The van der Waals surface area contributed by atoms with Crippen molar-refractivity contribution >= 4 is 23.8 Å². The highest BCUT2D eigenvalue weighted by Crippen LogP contribution is 2.31. The molecular weight excluding hydrogens is 414 g/mol. The van der Waals surface area contributed by atoms with Crippen LogP contribution in [0.3, 0.4) is 0 Å². The first-order valence-corrected chi connectivity index (χ1v) is 10.8. The van der Waals surface area contributed by atoms with E-state index in [2.05, 4.69) is 10.6 Å². The third kappa shape index (κ3) is 8.28. The van der Waals surface area contributed by atoms with Crippen LogP contribution in [0.15, 0.2) is 18.2 Å². The molecule has 1 heterocycles. The smallest absolute Gasteiger partial charge is 0.410 e. The lowest BCUT2D eigenvalue weighted by molar-refractivity contribution is -0.122. The van der Waals surface area contributed by atoms with Gasteiger partial charge in [0.25, 0.3) is 5.91 Å². The zero-order valence-corrected chi connectivity index (χ0v) is 20.0. The van der Waals surface area contributed by atoms with Crippen molar-refractivity contribution in [2.75, 3.05) is 18.4 Å². The minimum Gasteiger partial charge on any atom is -0.479 e. The largest absolute Gasteiger partial charge is 0.479 e. The molecule has 1 unspecified atom stereocenters. The van der Waals surface area contributed by atoms with Crippen LogP contribution in [0.2, 0.25) is 0 Å². The van der Waals surface area contributed by atoms with Gasteiger partial charge < -0.3 is 29.7 Å². The van der Waals surface area contributed by atoms with Crippen molar-refractivity contribution in [1.82, 2.24) is 10.2 Å². The second-order valence-corrected chi connectivity index (χ2v) is 9.76. The minimum atomic E-state index is -0.641. The van der Waals surface area contributed by atoms with Gasteiger partial charge in [-0.3, -0.25) is 4.79 Å². The Morgan fingerprint density at radius 1 is 1.12 bits per heavy atom. The number of carbonyl (C=O) groups excluding carboxylic acids is 3. The number of benzene rings is 1. The summed E-state index contributed by atoms with van der Waals surface area (Å²) in [7, 11) is 0. The Kier molecular flexibility index (Phi) is 7.98. The van der Waals surface area contributed by atoms with Crippen LogP contribution in [0.4, 0.5) is 15.3 Å². The third-order valence-corrected chi connectivity index (χ3v) is 4.27. The molecule has 2 N–H and O–H groups in total. The Balaban J connectivity index is 2.03. The monoisotopic (exact) mass is 449 g/mol. The number of hydrogen-bond acceptors (Lipinski definition) is 6. The molecule has 0 aliphatic carbocycles. The maximum absolute atomic E-state index is 12.8. The molecule has 1 aromatic carbocycles. The van der Waals surface area contributed by atoms with Gasteiger partial charge in [0.15, 0.2) is 6.10 Å². The van der Waals surface area contributed by atoms with Gasteiger partial charge in [-0.15, -0.1) is 0 Å². The Morgan fingerprint density at radius 2 is 1.78 bits per heavy atom. The van der Waals surface area contributed by atoms with E-state index in [-0.39, 0.29) is 12.5 Å². The van der Waals surface area contributed by atoms with E-state index in [4.69, 9.17) is 14.2 Å². The number of carbonyl (C=O) groups is 3. The molecule has 1 atom stereocenters. The van der Waals surface area contributed by atoms with Gasteiger partial charge in [0.2, 0.25) is 0 Å². The van der Waals surface area contributed by atoms with Gasteiger partial charge in [-0.2, -0.15) is 0 Å². The molecule has 0 aromatic heterocycles. The van der Waals surface area contributed by atoms with Gasteiger partial charge in [0, 0.05) is 19.6 Å². The van der Waals surface area contributed by atoms with Gasteiger partial charge in [0.1, 0.15) is 17.0 Å². The Hall–Kier alpha value is -2.97. The van der Waals surface area contributed by atoms with Crippen molar-refractivity contribution in [3.05, 3.63) is 23.8 Å². The number of hydrogen-bond donors (Lipinski definition) is 2. The summed E-state index contributed by atoms with van der Waals surface area (Å²) in [5.41, 5.74) is 0.169. The topological polar surface area (TPSA) is 106 Å². The Bertz CT molecular complexity index is 841. The summed E-state index contributed by atoms with van der Waals surface area (Å²) in [6, 6.07) is 5.41. The number of ether oxygens (including phenoxy) is 3. The van der Waals surface area contributed by atoms with E-state index in [0.29, 0.717) is 30.9 Å². The molecule has 1 aliphatic heterocycles. The number of rotatable bonds is 6. The van der Waals surface area contributed by atoms with Crippen molar-refractivity contribution in [1.29, 1.82) is 0 Å². The van der Waals surface area contributed by atoms with Crippen LogP contribution in [0.25, 0.3) is 0 Å². The number of nitrogens with zero attached hydrogens (tertiary/aromatic N) is 1.